The summed E-state index contributed by atoms with van der Waals surface area (Å²) in [6.07, 6.45) is 3.87. The highest BCUT2D eigenvalue weighted by Gasteiger charge is 2.32. The molecule has 3 heterocycles. The molecule has 3 aromatic rings. The van der Waals surface area contributed by atoms with Crippen molar-refractivity contribution in [2.24, 2.45) is 5.92 Å². The molecule has 176 valence electrons. The summed E-state index contributed by atoms with van der Waals surface area (Å²) in [6.45, 7) is 2.77. The van der Waals surface area contributed by atoms with Crippen molar-refractivity contribution in [3.8, 4) is 0 Å². The number of piperidine rings is 1. The van der Waals surface area contributed by atoms with Crippen LogP contribution in [0.2, 0.25) is 0 Å². The summed E-state index contributed by atoms with van der Waals surface area (Å²) in [5, 5.41) is 3.06. The summed E-state index contributed by atoms with van der Waals surface area (Å²) in [4.78, 5) is 32.0. The number of nitrogens with zero attached hydrogens (tertiary/aromatic N) is 3. The van der Waals surface area contributed by atoms with Crippen LogP contribution in [0.15, 0.2) is 67.0 Å². The van der Waals surface area contributed by atoms with E-state index >= 15 is 0 Å². The molecule has 2 aliphatic heterocycles. The third-order valence-corrected chi connectivity index (χ3v) is 6.81. The number of ether oxygens (including phenoxy) is 1. The zero-order valence-corrected chi connectivity index (χ0v) is 19.2. The molecule has 1 atom stereocenters. The molecular weight excluding hydrogens is 428 g/mol. The standard InChI is InChI=1S/C27H30N4O3/c32-26(28-14-11-20-7-3-1-4-8-20)22-12-15-30(16-13-22)27(33)25-23-18-34-24(17-31(23)19-29-25)21-9-5-2-6-10-21/h1-10,19,22,24H,11-18H2,(H,28,32)/t24-/m0/s1. The molecule has 1 N–H and O–H groups in total. The van der Waals surface area contributed by atoms with Gasteiger partial charge in [0.25, 0.3) is 5.91 Å². The Morgan fingerprint density at radius 1 is 1.00 bits per heavy atom. The van der Waals surface area contributed by atoms with Gasteiger partial charge >= 0.3 is 0 Å². The van der Waals surface area contributed by atoms with Crippen LogP contribution in [0.25, 0.3) is 0 Å². The quantitative estimate of drug-likeness (QED) is 0.615. The van der Waals surface area contributed by atoms with E-state index in [1.165, 1.54) is 5.56 Å². The maximum atomic E-state index is 13.2. The van der Waals surface area contributed by atoms with E-state index < -0.39 is 0 Å². The Bertz CT molecular complexity index is 1120. The number of amides is 2. The maximum Gasteiger partial charge on any atom is 0.274 e. The number of hydrogen-bond donors (Lipinski definition) is 1. The third kappa shape index (κ3) is 4.89. The lowest BCUT2D eigenvalue weighted by atomic mass is 9.95. The number of hydrogen-bond acceptors (Lipinski definition) is 4. The minimum Gasteiger partial charge on any atom is -0.365 e. The van der Waals surface area contributed by atoms with E-state index in [4.69, 9.17) is 4.74 Å². The lowest BCUT2D eigenvalue weighted by Gasteiger charge is -2.31. The number of nitrogens with one attached hydrogen (secondary N) is 1. The number of carbonyl (C=O) groups excluding carboxylic acids is 2. The van der Waals surface area contributed by atoms with Gasteiger partial charge in [0, 0.05) is 25.6 Å². The summed E-state index contributed by atoms with van der Waals surface area (Å²) in [5.41, 5.74) is 3.64. The summed E-state index contributed by atoms with van der Waals surface area (Å²) in [5.74, 6) is -0.0353. The Morgan fingerprint density at radius 3 is 2.44 bits per heavy atom. The van der Waals surface area contributed by atoms with Crippen molar-refractivity contribution >= 4 is 11.8 Å². The first-order valence-electron chi connectivity index (χ1n) is 12.0. The molecule has 0 saturated carbocycles. The Morgan fingerprint density at radius 2 is 1.71 bits per heavy atom. The van der Waals surface area contributed by atoms with Crippen molar-refractivity contribution in [2.45, 2.75) is 38.5 Å². The van der Waals surface area contributed by atoms with Crippen LogP contribution in [0.1, 0.15) is 46.3 Å². The molecule has 1 saturated heterocycles. The third-order valence-electron chi connectivity index (χ3n) is 6.81. The van der Waals surface area contributed by atoms with Crippen LogP contribution in [-0.2, 0) is 29.1 Å². The van der Waals surface area contributed by atoms with Crippen molar-refractivity contribution in [1.82, 2.24) is 19.8 Å². The number of benzene rings is 2. The van der Waals surface area contributed by atoms with Gasteiger partial charge in [-0.25, -0.2) is 4.98 Å². The number of carbonyl (C=O) groups is 2. The smallest absolute Gasteiger partial charge is 0.274 e. The monoisotopic (exact) mass is 458 g/mol. The van der Waals surface area contributed by atoms with Crippen molar-refractivity contribution in [3.63, 3.8) is 0 Å². The van der Waals surface area contributed by atoms with Crippen molar-refractivity contribution in [2.75, 3.05) is 19.6 Å². The van der Waals surface area contributed by atoms with Crippen LogP contribution in [0.4, 0.5) is 0 Å². The SMILES string of the molecule is O=C(NCCc1ccccc1)C1CCN(C(=O)c2ncn3c2CO[C@H](c2ccccc2)C3)CC1. The average molecular weight is 459 g/mol. The van der Waals surface area contributed by atoms with Crippen LogP contribution < -0.4 is 5.32 Å². The van der Waals surface area contributed by atoms with Crippen molar-refractivity contribution in [3.05, 3.63) is 89.5 Å². The first-order valence-corrected chi connectivity index (χ1v) is 12.0. The fraction of sp³-hybridized carbons (Fsp3) is 0.370. The van der Waals surface area contributed by atoms with Crippen LogP contribution in [0.3, 0.4) is 0 Å². The van der Waals surface area contributed by atoms with E-state index in [9.17, 15) is 9.59 Å². The Balaban J connectivity index is 1.12. The number of fused-ring (bicyclic) bond motifs is 1. The zero-order chi connectivity index (χ0) is 23.3. The molecule has 0 radical (unpaired) electrons. The molecule has 2 amide bonds. The van der Waals surface area contributed by atoms with Gasteiger partial charge in [0.2, 0.25) is 5.91 Å². The molecule has 1 fully saturated rings. The highest BCUT2D eigenvalue weighted by atomic mass is 16.5. The molecule has 1 aromatic heterocycles. The lowest BCUT2D eigenvalue weighted by Crippen LogP contribution is -2.43. The van der Waals surface area contributed by atoms with Crippen LogP contribution in [0.5, 0.6) is 0 Å². The molecule has 34 heavy (non-hydrogen) atoms. The fourth-order valence-corrected chi connectivity index (χ4v) is 4.79. The van der Waals surface area contributed by atoms with Gasteiger partial charge in [-0.15, -0.1) is 0 Å². The van der Waals surface area contributed by atoms with Gasteiger partial charge in [-0.1, -0.05) is 60.7 Å². The van der Waals surface area contributed by atoms with Crippen molar-refractivity contribution < 1.29 is 14.3 Å². The molecule has 2 aliphatic rings. The van der Waals surface area contributed by atoms with E-state index in [0.717, 1.165) is 17.7 Å². The number of rotatable bonds is 6. The van der Waals surface area contributed by atoms with Crippen molar-refractivity contribution in [1.29, 1.82) is 0 Å². The molecule has 2 aromatic carbocycles. The first kappa shape index (κ1) is 22.3. The van der Waals surface area contributed by atoms with E-state index in [-0.39, 0.29) is 23.8 Å². The summed E-state index contributed by atoms with van der Waals surface area (Å²) < 4.78 is 8.09. The zero-order valence-electron chi connectivity index (χ0n) is 19.2. The second kappa shape index (κ2) is 10.2. The van der Waals surface area contributed by atoms with Gasteiger partial charge < -0.3 is 19.5 Å². The molecule has 0 aliphatic carbocycles. The van der Waals surface area contributed by atoms with Gasteiger partial charge in [0.15, 0.2) is 5.69 Å². The van der Waals surface area contributed by atoms with Gasteiger partial charge in [-0.2, -0.15) is 0 Å². The predicted molar refractivity (Wildman–Crippen MR) is 128 cm³/mol. The normalized spacial score (nSPS) is 18.4. The first-order chi connectivity index (χ1) is 16.7. The fourth-order valence-electron chi connectivity index (χ4n) is 4.79. The van der Waals surface area contributed by atoms with E-state index in [1.807, 2.05) is 45.9 Å². The number of likely N-dealkylation sites (tertiary alicyclic amines) is 1. The Labute approximate surface area is 199 Å². The second-order valence-electron chi connectivity index (χ2n) is 9.00. The second-order valence-corrected chi connectivity index (χ2v) is 9.00. The largest absolute Gasteiger partial charge is 0.365 e. The minimum absolute atomic E-state index is 0.0398. The molecule has 0 bridgehead atoms. The summed E-state index contributed by atoms with van der Waals surface area (Å²) in [7, 11) is 0. The van der Waals surface area contributed by atoms with Gasteiger partial charge in [-0.3, -0.25) is 9.59 Å². The van der Waals surface area contributed by atoms with E-state index in [2.05, 4.69) is 34.6 Å². The molecule has 5 rings (SSSR count). The topological polar surface area (TPSA) is 76.5 Å². The summed E-state index contributed by atoms with van der Waals surface area (Å²) >= 11 is 0. The summed E-state index contributed by atoms with van der Waals surface area (Å²) in [6, 6.07) is 20.3. The van der Waals surface area contributed by atoms with Crippen LogP contribution in [0, 0.1) is 5.92 Å². The lowest BCUT2D eigenvalue weighted by molar-refractivity contribution is -0.126. The Kier molecular flexibility index (Phi) is 6.72. The average Bonchev–Trinajstić information content (AvgIpc) is 3.33. The molecule has 0 unspecified atom stereocenters. The molecule has 7 heteroatoms. The van der Waals surface area contributed by atoms with Crippen LogP contribution >= 0.6 is 0 Å². The van der Waals surface area contributed by atoms with Crippen LogP contribution in [-0.4, -0.2) is 45.9 Å². The molecule has 7 nitrogen and oxygen atoms in total. The van der Waals surface area contributed by atoms with E-state index in [1.54, 1.807) is 6.33 Å². The highest BCUT2D eigenvalue weighted by Crippen LogP contribution is 2.28. The number of aromatic nitrogens is 2. The Hall–Kier alpha value is -3.45. The number of imidazole rings is 1. The van der Waals surface area contributed by atoms with E-state index in [0.29, 0.717) is 51.3 Å². The molecular formula is C27H30N4O3. The van der Waals surface area contributed by atoms with Gasteiger partial charge in [0.1, 0.15) is 6.10 Å². The predicted octanol–water partition coefficient (Wildman–Crippen LogP) is 3.37. The van der Waals surface area contributed by atoms with Gasteiger partial charge in [0.05, 0.1) is 25.2 Å². The molecule has 0 spiro atoms. The highest BCUT2D eigenvalue weighted by molar-refractivity contribution is 5.93. The minimum atomic E-state index is -0.0709. The van der Waals surface area contributed by atoms with Gasteiger partial charge in [-0.05, 0) is 30.4 Å². The maximum absolute atomic E-state index is 13.2.